The van der Waals surface area contributed by atoms with Crippen LogP contribution in [0.15, 0.2) is 82.8 Å². The highest BCUT2D eigenvalue weighted by atomic mass is 32.2. The maximum Gasteiger partial charge on any atom is 0.271 e. The summed E-state index contributed by atoms with van der Waals surface area (Å²) in [6, 6.07) is 21.3. The maximum atomic E-state index is 13.0. The van der Waals surface area contributed by atoms with Crippen LogP contribution in [0.3, 0.4) is 0 Å². The molecule has 4 aromatic rings. The number of para-hydroxylation sites is 1. The van der Waals surface area contributed by atoms with Gasteiger partial charge in [-0.2, -0.15) is 10.2 Å². The molecule has 1 saturated heterocycles. The lowest BCUT2D eigenvalue weighted by Gasteiger charge is -2.20. The molecule has 5 rings (SSSR count). The standard InChI is InChI=1S/C30H32N6O3S/c1-21-14-15-28(22(2)18-21)34-40(38,39)26-13-9-10-24(19-26)29(37)32-31-20-27-23(3)33-36(25-11-5-4-6-12-25)30(27)35-16-7-8-17-35/h4-6,9-15,18-20,34H,7-8,16-17H2,1-3H3,(H,32,37). The van der Waals surface area contributed by atoms with E-state index in [-0.39, 0.29) is 10.5 Å². The number of nitrogens with zero attached hydrogens (tertiary/aromatic N) is 4. The molecule has 3 aromatic carbocycles. The van der Waals surface area contributed by atoms with E-state index >= 15 is 0 Å². The first-order valence-electron chi connectivity index (χ1n) is 13.2. The van der Waals surface area contributed by atoms with Gasteiger partial charge in [0.25, 0.3) is 15.9 Å². The van der Waals surface area contributed by atoms with E-state index in [4.69, 9.17) is 5.10 Å². The molecule has 206 valence electrons. The second-order valence-corrected chi connectivity index (χ2v) is 11.6. The Morgan fingerprint density at radius 2 is 1.70 bits per heavy atom. The average Bonchev–Trinajstić information content (AvgIpc) is 3.59. The van der Waals surface area contributed by atoms with Gasteiger partial charge in [0.05, 0.1) is 33.7 Å². The third kappa shape index (κ3) is 5.76. The Bertz CT molecular complexity index is 1670. The molecule has 0 radical (unpaired) electrons. The Morgan fingerprint density at radius 1 is 0.950 bits per heavy atom. The molecule has 0 aliphatic carbocycles. The predicted molar refractivity (Wildman–Crippen MR) is 158 cm³/mol. The molecule has 2 heterocycles. The van der Waals surface area contributed by atoms with E-state index in [1.807, 2.05) is 67.9 Å². The van der Waals surface area contributed by atoms with Crippen LogP contribution in [-0.4, -0.2) is 43.4 Å². The number of aromatic nitrogens is 2. The van der Waals surface area contributed by atoms with Crippen LogP contribution in [0, 0.1) is 20.8 Å². The summed E-state index contributed by atoms with van der Waals surface area (Å²) in [5.41, 5.74) is 7.62. The maximum absolute atomic E-state index is 13.0. The molecule has 0 saturated carbocycles. The number of hydrogen-bond donors (Lipinski definition) is 2. The number of aryl methyl sites for hydroxylation is 3. The Balaban J connectivity index is 1.36. The summed E-state index contributed by atoms with van der Waals surface area (Å²) < 4.78 is 30.6. The molecule has 1 aliphatic rings. The number of nitrogens with one attached hydrogen (secondary N) is 2. The van der Waals surface area contributed by atoms with Gasteiger partial charge in [0.2, 0.25) is 0 Å². The molecule has 0 unspecified atom stereocenters. The van der Waals surface area contributed by atoms with Crippen LogP contribution in [0.5, 0.6) is 0 Å². The van der Waals surface area contributed by atoms with E-state index < -0.39 is 15.9 Å². The molecule has 9 nitrogen and oxygen atoms in total. The molecule has 10 heteroatoms. The van der Waals surface area contributed by atoms with Crippen molar-refractivity contribution in [3.8, 4) is 5.69 Å². The van der Waals surface area contributed by atoms with Gasteiger partial charge in [-0.3, -0.25) is 9.52 Å². The normalized spacial score (nSPS) is 13.6. The number of benzene rings is 3. The van der Waals surface area contributed by atoms with Crippen molar-refractivity contribution >= 4 is 33.7 Å². The summed E-state index contributed by atoms with van der Waals surface area (Å²) in [4.78, 5) is 15.2. The highest BCUT2D eigenvalue weighted by Crippen LogP contribution is 2.29. The van der Waals surface area contributed by atoms with E-state index in [2.05, 4.69) is 20.1 Å². The summed E-state index contributed by atoms with van der Waals surface area (Å²) in [7, 11) is -3.90. The fraction of sp³-hybridized carbons (Fsp3) is 0.233. The monoisotopic (exact) mass is 556 g/mol. The van der Waals surface area contributed by atoms with Crippen molar-refractivity contribution in [1.29, 1.82) is 0 Å². The number of hydrogen-bond acceptors (Lipinski definition) is 6. The highest BCUT2D eigenvalue weighted by molar-refractivity contribution is 7.92. The Kier molecular flexibility index (Phi) is 7.70. The van der Waals surface area contributed by atoms with Gasteiger partial charge in [0, 0.05) is 18.7 Å². The van der Waals surface area contributed by atoms with Gasteiger partial charge in [0.1, 0.15) is 5.82 Å². The molecule has 1 aromatic heterocycles. The summed E-state index contributed by atoms with van der Waals surface area (Å²) in [6.45, 7) is 7.54. The third-order valence-electron chi connectivity index (χ3n) is 6.88. The van der Waals surface area contributed by atoms with Crippen molar-refractivity contribution in [3.05, 3.63) is 101 Å². The third-order valence-corrected chi connectivity index (χ3v) is 8.24. The molecule has 2 N–H and O–H groups in total. The van der Waals surface area contributed by atoms with Crippen LogP contribution in [0.4, 0.5) is 11.5 Å². The lowest BCUT2D eigenvalue weighted by atomic mass is 10.1. The second-order valence-electron chi connectivity index (χ2n) is 9.92. The Labute approximate surface area is 234 Å². The first kappa shape index (κ1) is 27.1. The molecule has 1 amide bonds. The van der Waals surface area contributed by atoms with E-state index in [1.54, 1.807) is 18.3 Å². The quantitative estimate of drug-likeness (QED) is 0.236. The van der Waals surface area contributed by atoms with Gasteiger partial charge in [-0.1, -0.05) is 42.0 Å². The van der Waals surface area contributed by atoms with Gasteiger partial charge < -0.3 is 4.90 Å². The average molecular weight is 557 g/mol. The van der Waals surface area contributed by atoms with Crippen molar-refractivity contribution in [1.82, 2.24) is 15.2 Å². The van der Waals surface area contributed by atoms with E-state index in [0.717, 1.165) is 59.8 Å². The lowest BCUT2D eigenvalue weighted by Crippen LogP contribution is -2.23. The number of hydrazone groups is 1. The van der Waals surface area contributed by atoms with Crippen molar-refractivity contribution < 1.29 is 13.2 Å². The molecule has 0 atom stereocenters. The molecule has 0 bridgehead atoms. The number of sulfonamides is 1. The van der Waals surface area contributed by atoms with Crippen molar-refractivity contribution in [2.75, 3.05) is 22.7 Å². The zero-order chi connectivity index (χ0) is 28.3. The van der Waals surface area contributed by atoms with E-state index in [9.17, 15) is 13.2 Å². The summed E-state index contributed by atoms with van der Waals surface area (Å²) in [6.07, 6.45) is 3.81. The molecule has 40 heavy (non-hydrogen) atoms. The van der Waals surface area contributed by atoms with Crippen LogP contribution in [-0.2, 0) is 10.0 Å². The molecular formula is C30H32N6O3S. The first-order chi connectivity index (χ1) is 19.2. The zero-order valence-corrected chi connectivity index (χ0v) is 23.6. The summed E-state index contributed by atoms with van der Waals surface area (Å²) in [5.74, 6) is 0.417. The number of rotatable bonds is 8. The van der Waals surface area contributed by atoms with Gasteiger partial charge in [-0.25, -0.2) is 18.5 Å². The van der Waals surface area contributed by atoms with Crippen molar-refractivity contribution in [3.63, 3.8) is 0 Å². The van der Waals surface area contributed by atoms with Gasteiger partial charge in [0.15, 0.2) is 0 Å². The SMILES string of the molecule is Cc1ccc(NS(=O)(=O)c2cccc(C(=O)NN=Cc3c(C)nn(-c4ccccc4)c3N3CCCC3)c2)c(C)c1. The van der Waals surface area contributed by atoms with E-state index in [1.165, 1.54) is 18.2 Å². The van der Waals surface area contributed by atoms with Crippen LogP contribution >= 0.6 is 0 Å². The number of carbonyl (C=O) groups is 1. The molecule has 1 fully saturated rings. The van der Waals surface area contributed by atoms with Crippen LogP contribution in [0.25, 0.3) is 5.69 Å². The zero-order valence-electron chi connectivity index (χ0n) is 22.8. The molecule has 0 spiro atoms. The minimum absolute atomic E-state index is 0.0135. The van der Waals surface area contributed by atoms with Gasteiger partial charge >= 0.3 is 0 Å². The Morgan fingerprint density at radius 3 is 2.42 bits per heavy atom. The number of anilines is 2. The fourth-order valence-electron chi connectivity index (χ4n) is 4.82. The van der Waals surface area contributed by atoms with Crippen LogP contribution < -0.4 is 15.0 Å². The second kappa shape index (κ2) is 11.4. The Hall–Kier alpha value is -4.44. The van der Waals surface area contributed by atoms with Crippen LogP contribution in [0.2, 0.25) is 0 Å². The number of amides is 1. The van der Waals surface area contributed by atoms with Gasteiger partial charge in [-0.15, -0.1) is 0 Å². The lowest BCUT2D eigenvalue weighted by molar-refractivity contribution is 0.0955. The first-order valence-corrected chi connectivity index (χ1v) is 14.6. The minimum atomic E-state index is -3.90. The van der Waals surface area contributed by atoms with E-state index in [0.29, 0.717) is 5.69 Å². The largest absolute Gasteiger partial charge is 0.356 e. The topological polar surface area (TPSA) is 109 Å². The van der Waals surface area contributed by atoms with Crippen molar-refractivity contribution in [2.24, 2.45) is 5.10 Å². The van der Waals surface area contributed by atoms with Crippen molar-refractivity contribution in [2.45, 2.75) is 38.5 Å². The summed E-state index contributed by atoms with van der Waals surface area (Å²) in [5, 5.41) is 8.99. The fourth-order valence-corrected chi connectivity index (χ4v) is 5.99. The van der Waals surface area contributed by atoms with Crippen LogP contribution in [0.1, 0.15) is 45.6 Å². The molecule has 1 aliphatic heterocycles. The minimum Gasteiger partial charge on any atom is -0.356 e. The van der Waals surface area contributed by atoms with Gasteiger partial charge in [-0.05, 0) is 75.6 Å². The number of carbonyl (C=O) groups excluding carboxylic acids is 1. The highest BCUT2D eigenvalue weighted by Gasteiger charge is 2.24. The molecular weight excluding hydrogens is 524 g/mol. The smallest absolute Gasteiger partial charge is 0.271 e. The predicted octanol–water partition coefficient (Wildman–Crippen LogP) is 4.96. The summed E-state index contributed by atoms with van der Waals surface area (Å²) >= 11 is 0.